The second-order valence-corrected chi connectivity index (χ2v) is 8.75. The smallest absolute Gasteiger partial charge is 0.401 e. The number of amides is 1. The molecule has 1 aromatic heterocycles. The Balaban J connectivity index is 1.74. The van der Waals surface area contributed by atoms with E-state index in [0.29, 0.717) is 27.2 Å². The van der Waals surface area contributed by atoms with E-state index in [9.17, 15) is 14.9 Å². The predicted molar refractivity (Wildman–Crippen MR) is 121 cm³/mol. The van der Waals surface area contributed by atoms with Crippen molar-refractivity contribution >= 4 is 56.4 Å². The molecule has 0 saturated heterocycles. The van der Waals surface area contributed by atoms with E-state index in [0.717, 1.165) is 23.1 Å². The maximum Gasteiger partial charge on any atom is 0.433 e. The van der Waals surface area contributed by atoms with Gasteiger partial charge in [-0.05, 0) is 42.8 Å². The Morgan fingerprint density at radius 2 is 2.23 bits per heavy atom. The molecule has 9 nitrogen and oxygen atoms in total. The van der Waals surface area contributed by atoms with E-state index in [1.165, 1.54) is 23.9 Å². The van der Waals surface area contributed by atoms with Gasteiger partial charge in [-0.25, -0.2) is 5.01 Å². The molecule has 4 rings (SSSR count). The SMILES string of the molecule is CCCCSC1=NN2C(=c3cc(Br)ccc3=N[C@H]2/C=C/c2ccc([N+](=O)[O-])o2)C(=O)N1. The summed E-state index contributed by atoms with van der Waals surface area (Å²) in [6.07, 6.45) is 4.74. The zero-order chi connectivity index (χ0) is 22.0. The van der Waals surface area contributed by atoms with Crippen molar-refractivity contribution in [2.24, 2.45) is 10.1 Å². The number of unbranched alkanes of at least 4 members (excludes halogenated alkanes) is 1. The summed E-state index contributed by atoms with van der Waals surface area (Å²) in [6, 6.07) is 8.31. The monoisotopic (exact) mass is 503 g/mol. The molecule has 0 unspecified atom stereocenters. The van der Waals surface area contributed by atoms with Crippen LogP contribution < -0.4 is 15.9 Å². The summed E-state index contributed by atoms with van der Waals surface area (Å²) in [4.78, 5) is 28.0. The molecular formula is C20H18BrN5O4S. The van der Waals surface area contributed by atoms with Gasteiger partial charge in [0.15, 0.2) is 11.3 Å². The maximum absolute atomic E-state index is 13.0. The third-order valence-electron chi connectivity index (χ3n) is 4.56. The van der Waals surface area contributed by atoms with Crippen molar-refractivity contribution in [2.45, 2.75) is 25.9 Å². The highest BCUT2D eigenvalue weighted by Crippen LogP contribution is 2.23. The van der Waals surface area contributed by atoms with Gasteiger partial charge in [0.1, 0.15) is 16.4 Å². The van der Waals surface area contributed by atoms with Gasteiger partial charge >= 0.3 is 5.88 Å². The molecule has 0 bridgehead atoms. The van der Waals surface area contributed by atoms with Crippen LogP contribution in [0.15, 0.2) is 55.4 Å². The number of hydrogen-bond acceptors (Lipinski definition) is 8. The zero-order valence-corrected chi connectivity index (χ0v) is 18.9. The van der Waals surface area contributed by atoms with Crippen molar-refractivity contribution < 1.29 is 14.1 Å². The molecule has 2 aliphatic heterocycles. The molecule has 31 heavy (non-hydrogen) atoms. The van der Waals surface area contributed by atoms with Crippen LogP contribution in [0.4, 0.5) is 5.88 Å². The molecule has 2 aromatic rings. The van der Waals surface area contributed by atoms with E-state index >= 15 is 0 Å². The van der Waals surface area contributed by atoms with Gasteiger partial charge in [-0.15, -0.1) is 5.10 Å². The first-order chi connectivity index (χ1) is 15.0. The molecule has 0 saturated carbocycles. The largest absolute Gasteiger partial charge is 0.433 e. The van der Waals surface area contributed by atoms with E-state index in [4.69, 9.17) is 9.41 Å². The van der Waals surface area contributed by atoms with Gasteiger partial charge < -0.3 is 4.42 Å². The second-order valence-electron chi connectivity index (χ2n) is 6.75. The molecule has 1 aromatic carbocycles. The number of halogens is 1. The van der Waals surface area contributed by atoms with Crippen molar-refractivity contribution in [1.82, 2.24) is 10.3 Å². The van der Waals surface area contributed by atoms with Crippen LogP contribution >= 0.6 is 27.7 Å². The minimum absolute atomic E-state index is 0.254. The minimum atomic E-state index is -0.611. The van der Waals surface area contributed by atoms with Crippen molar-refractivity contribution in [1.29, 1.82) is 0 Å². The van der Waals surface area contributed by atoms with E-state index in [2.05, 4.69) is 33.3 Å². The highest BCUT2D eigenvalue weighted by molar-refractivity contribution is 9.10. The van der Waals surface area contributed by atoms with Gasteiger partial charge in [-0.3, -0.25) is 25.2 Å². The summed E-state index contributed by atoms with van der Waals surface area (Å²) in [7, 11) is 0. The number of nitrogens with one attached hydrogen (secondary N) is 1. The van der Waals surface area contributed by atoms with Crippen LogP contribution in [0.25, 0.3) is 11.8 Å². The number of hydrazone groups is 1. The molecule has 0 radical (unpaired) electrons. The number of carbonyl (C=O) groups excluding carboxylic acids is 1. The van der Waals surface area contributed by atoms with E-state index < -0.39 is 11.1 Å². The quantitative estimate of drug-likeness (QED) is 0.368. The molecule has 1 atom stereocenters. The van der Waals surface area contributed by atoms with Gasteiger partial charge in [0, 0.05) is 15.4 Å². The normalized spacial score (nSPS) is 17.7. The molecule has 3 heterocycles. The summed E-state index contributed by atoms with van der Waals surface area (Å²) < 4.78 is 6.01. The van der Waals surface area contributed by atoms with Gasteiger partial charge in [0.25, 0.3) is 5.91 Å². The number of fused-ring (bicyclic) bond motifs is 2. The van der Waals surface area contributed by atoms with Gasteiger partial charge in [-0.1, -0.05) is 41.0 Å². The molecule has 1 amide bonds. The van der Waals surface area contributed by atoms with Crippen LogP contribution in [0.1, 0.15) is 25.5 Å². The Bertz CT molecular complexity index is 1220. The van der Waals surface area contributed by atoms with Crippen LogP contribution in [0, 0.1) is 10.1 Å². The van der Waals surface area contributed by atoms with E-state index in [-0.39, 0.29) is 11.8 Å². The summed E-state index contributed by atoms with van der Waals surface area (Å²) in [5.74, 6) is 0.560. The summed E-state index contributed by atoms with van der Waals surface area (Å²) in [6.45, 7) is 2.10. The molecule has 0 fully saturated rings. The summed E-state index contributed by atoms with van der Waals surface area (Å²) in [5.41, 5.74) is 0.395. The number of hydrogen-bond donors (Lipinski definition) is 1. The molecule has 2 aliphatic rings. The topological polar surface area (TPSA) is 113 Å². The highest BCUT2D eigenvalue weighted by atomic mass is 79.9. The number of benzene rings is 1. The van der Waals surface area contributed by atoms with Crippen LogP contribution in [0.5, 0.6) is 0 Å². The lowest BCUT2D eigenvalue weighted by Gasteiger charge is -2.32. The van der Waals surface area contributed by atoms with E-state index in [1.807, 2.05) is 18.2 Å². The third kappa shape index (κ3) is 4.57. The van der Waals surface area contributed by atoms with Crippen LogP contribution in [-0.2, 0) is 4.79 Å². The number of furan rings is 1. The van der Waals surface area contributed by atoms with E-state index in [1.54, 1.807) is 17.2 Å². The van der Waals surface area contributed by atoms with Crippen LogP contribution in [0.2, 0.25) is 0 Å². The van der Waals surface area contributed by atoms with Gasteiger partial charge in [0.05, 0.1) is 11.4 Å². The number of nitro groups is 1. The zero-order valence-electron chi connectivity index (χ0n) is 16.4. The first kappa shape index (κ1) is 21.3. The lowest BCUT2D eigenvalue weighted by Crippen LogP contribution is -2.52. The highest BCUT2D eigenvalue weighted by Gasteiger charge is 2.32. The average molecular weight is 504 g/mol. The number of amidine groups is 1. The first-order valence-electron chi connectivity index (χ1n) is 9.58. The van der Waals surface area contributed by atoms with Crippen molar-refractivity contribution in [3.8, 4) is 0 Å². The number of rotatable bonds is 6. The van der Waals surface area contributed by atoms with Crippen molar-refractivity contribution in [3.05, 3.63) is 67.3 Å². The first-order valence-corrected chi connectivity index (χ1v) is 11.4. The number of nitrogens with zero attached hydrogens (tertiary/aromatic N) is 4. The average Bonchev–Trinajstić information content (AvgIpc) is 3.21. The Labute approximate surface area is 189 Å². The lowest BCUT2D eigenvalue weighted by molar-refractivity contribution is -0.402. The van der Waals surface area contributed by atoms with Crippen molar-refractivity contribution in [3.63, 3.8) is 0 Å². The number of thioether (sulfide) groups is 1. The fourth-order valence-corrected chi connectivity index (χ4v) is 4.39. The molecule has 160 valence electrons. The minimum Gasteiger partial charge on any atom is -0.401 e. The van der Waals surface area contributed by atoms with Crippen molar-refractivity contribution in [2.75, 3.05) is 5.75 Å². The molecule has 11 heteroatoms. The van der Waals surface area contributed by atoms with Gasteiger partial charge in [-0.2, -0.15) is 0 Å². The molecule has 0 spiro atoms. The lowest BCUT2D eigenvalue weighted by atomic mass is 10.1. The van der Waals surface area contributed by atoms with Gasteiger partial charge in [0.2, 0.25) is 0 Å². The van der Waals surface area contributed by atoms with Crippen LogP contribution in [0.3, 0.4) is 0 Å². The molecule has 1 N–H and O–H groups in total. The predicted octanol–water partition coefficient (Wildman–Crippen LogP) is 2.97. The Kier molecular flexibility index (Phi) is 6.23. The summed E-state index contributed by atoms with van der Waals surface area (Å²) >= 11 is 4.93. The standard InChI is InChI=1S/C20H18BrN5O4S/c1-2-3-10-31-20-23-19(27)18-14-11-12(21)4-7-15(14)22-16(25(18)24-20)8-5-13-6-9-17(30-13)26(28)29/h4-9,11,16H,2-3,10H2,1H3,(H,23,24,27)/b8-5+/t16-/m1/s1. The maximum atomic E-state index is 13.0. The third-order valence-corrected chi connectivity index (χ3v) is 6.00. The van der Waals surface area contributed by atoms with Crippen LogP contribution in [-0.4, -0.2) is 32.9 Å². The number of carbonyl (C=O) groups is 1. The Hall–Kier alpha value is -2.92. The Morgan fingerprint density at radius 3 is 2.97 bits per heavy atom. The summed E-state index contributed by atoms with van der Waals surface area (Å²) in [5, 5.41) is 21.8. The second kappa shape index (κ2) is 9.06. The Morgan fingerprint density at radius 1 is 1.39 bits per heavy atom. The molecular weight excluding hydrogens is 486 g/mol. The fourth-order valence-electron chi connectivity index (χ4n) is 3.09. The molecule has 0 aliphatic carbocycles. The fraction of sp³-hybridized carbons (Fsp3) is 0.250.